The third-order valence-electron chi connectivity index (χ3n) is 5.36. The highest BCUT2D eigenvalue weighted by Gasteiger charge is 2.16. The number of hydrogen-bond donors (Lipinski definition) is 4. The number of benzene rings is 1. The standard InChI is InChI=1S/C24H29N5O2/c1-4-16(14-25-2)21-11-17-15-27-24(13-22(17)28-21)29-20-6-5-19(12-23(20)30-3)31-18-7-9-26-10-8-18/h4-6,11-15,18,25-26,28H,1,7-10H2,2-3H3,(H,27,29)/b16-14+. The molecule has 1 saturated heterocycles. The number of aromatic amines is 1. The molecule has 1 aliphatic rings. The van der Waals surface area contributed by atoms with Gasteiger partial charge in [-0.3, -0.25) is 0 Å². The molecule has 0 bridgehead atoms. The number of nitrogens with one attached hydrogen (secondary N) is 4. The highest BCUT2D eigenvalue weighted by Crippen LogP contribution is 2.33. The van der Waals surface area contributed by atoms with Crippen molar-refractivity contribution in [3.05, 3.63) is 61.1 Å². The third kappa shape index (κ3) is 4.83. The number of nitrogens with zero attached hydrogens (tertiary/aromatic N) is 1. The van der Waals surface area contributed by atoms with Gasteiger partial charge in [-0.25, -0.2) is 4.98 Å². The number of fused-ring (bicyclic) bond motifs is 1. The van der Waals surface area contributed by atoms with Gasteiger partial charge in [-0.2, -0.15) is 0 Å². The first-order chi connectivity index (χ1) is 15.2. The Morgan fingerprint density at radius 1 is 1.23 bits per heavy atom. The van der Waals surface area contributed by atoms with Crippen LogP contribution < -0.4 is 25.4 Å². The van der Waals surface area contributed by atoms with Crippen LogP contribution in [0.1, 0.15) is 18.5 Å². The molecule has 0 aliphatic carbocycles. The molecule has 1 aromatic carbocycles. The first-order valence-electron chi connectivity index (χ1n) is 10.5. The Morgan fingerprint density at radius 3 is 2.81 bits per heavy atom. The molecule has 1 aliphatic heterocycles. The van der Waals surface area contributed by atoms with E-state index in [4.69, 9.17) is 9.47 Å². The minimum Gasteiger partial charge on any atom is -0.494 e. The van der Waals surface area contributed by atoms with Crippen molar-refractivity contribution in [2.45, 2.75) is 18.9 Å². The lowest BCUT2D eigenvalue weighted by molar-refractivity contribution is 0.162. The molecular weight excluding hydrogens is 390 g/mol. The van der Waals surface area contributed by atoms with Gasteiger partial charge in [0.2, 0.25) is 0 Å². The zero-order valence-corrected chi connectivity index (χ0v) is 18.0. The van der Waals surface area contributed by atoms with Gasteiger partial charge in [0.25, 0.3) is 0 Å². The van der Waals surface area contributed by atoms with Crippen molar-refractivity contribution in [2.75, 3.05) is 32.6 Å². The zero-order chi connectivity index (χ0) is 21.6. The van der Waals surface area contributed by atoms with Crippen molar-refractivity contribution in [2.24, 2.45) is 0 Å². The number of allylic oxidation sites excluding steroid dienone is 2. The maximum Gasteiger partial charge on any atom is 0.146 e. The highest BCUT2D eigenvalue weighted by molar-refractivity contribution is 5.88. The first-order valence-corrected chi connectivity index (χ1v) is 10.5. The fourth-order valence-corrected chi connectivity index (χ4v) is 3.74. The molecule has 3 aromatic rings. The largest absolute Gasteiger partial charge is 0.494 e. The van der Waals surface area contributed by atoms with Crippen LogP contribution in [0.2, 0.25) is 0 Å². The fourth-order valence-electron chi connectivity index (χ4n) is 3.74. The summed E-state index contributed by atoms with van der Waals surface area (Å²) < 4.78 is 11.7. The monoisotopic (exact) mass is 419 g/mol. The molecule has 1 fully saturated rings. The summed E-state index contributed by atoms with van der Waals surface area (Å²) >= 11 is 0. The van der Waals surface area contributed by atoms with Gasteiger partial charge in [-0.1, -0.05) is 12.7 Å². The molecule has 0 amide bonds. The van der Waals surface area contributed by atoms with Gasteiger partial charge in [-0.15, -0.1) is 0 Å². The second kappa shape index (κ2) is 9.57. The van der Waals surface area contributed by atoms with E-state index >= 15 is 0 Å². The molecule has 0 saturated carbocycles. The number of ether oxygens (including phenoxy) is 2. The Labute approximate surface area is 182 Å². The summed E-state index contributed by atoms with van der Waals surface area (Å²) in [6.45, 7) is 5.87. The first kappa shape index (κ1) is 20.8. The topological polar surface area (TPSA) is 83.2 Å². The second-order valence-corrected chi connectivity index (χ2v) is 7.49. The van der Waals surface area contributed by atoms with E-state index in [9.17, 15) is 0 Å². The van der Waals surface area contributed by atoms with Gasteiger partial charge < -0.3 is 30.4 Å². The van der Waals surface area contributed by atoms with Crippen LogP contribution in [-0.4, -0.2) is 43.3 Å². The Bertz CT molecular complexity index is 1080. The number of hydrogen-bond acceptors (Lipinski definition) is 6. The molecule has 0 unspecified atom stereocenters. The zero-order valence-electron chi connectivity index (χ0n) is 18.0. The Hall–Kier alpha value is -3.45. The lowest BCUT2D eigenvalue weighted by Crippen LogP contribution is -2.34. The molecule has 7 heteroatoms. The molecule has 162 valence electrons. The van der Waals surface area contributed by atoms with E-state index in [0.717, 1.165) is 65.4 Å². The molecule has 0 atom stereocenters. The lowest BCUT2D eigenvalue weighted by Gasteiger charge is -2.24. The van der Waals surface area contributed by atoms with Gasteiger partial charge in [0.1, 0.15) is 23.4 Å². The molecule has 3 heterocycles. The third-order valence-corrected chi connectivity index (χ3v) is 5.36. The van der Waals surface area contributed by atoms with Crippen LogP contribution in [0, 0.1) is 0 Å². The number of methoxy groups -OCH3 is 1. The van der Waals surface area contributed by atoms with Gasteiger partial charge in [0, 0.05) is 48.2 Å². The van der Waals surface area contributed by atoms with Crippen LogP contribution >= 0.6 is 0 Å². The van der Waals surface area contributed by atoms with Crippen LogP contribution in [0.15, 0.2) is 55.4 Å². The average molecular weight is 420 g/mol. The summed E-state index contributed by atoms with van der Waals surface area (Å²) in [5.41, 5.74) is 3.79. The van der Waals surface area contributed by atoms with Gasteiger partial charge in [0.05, 0.1) is 18.3 Å². The quantitative estimate of drug-likeness (QED) is 0.410. The van der Waals surface area contributed by atoms with Crippen molar-refractivity contribution in [3.8, 4) is 11.5 Å². The SMILES string of the molecule is C=C/C(=C\NC)c1cc2cnc(Nc3ccc(OC4CCNCC4)cc3OC)cc2[nH]1. The number of H-pyrrole nitrogens is 1. The molecule has 7 nitrogen and oxygen atoms in total. The number of pyridine rings is 1. The molecular formula is C24H29N5O2. The summed E-state index contributed by atoms with van der Waals surface area (Å²) in [7, 11) is 3.53. The van der Waals surface area contributed by atoms with E-state index in [0.29, 0.717) is 5.75 Å². The molecule has 31 heavy (non-hydrogen) atoms. The minimum absolute atomic E-state index is 0.244. The van der Waals surface area contributed by atoms with E-state index in [1.54, 1.807) is 7.11 Å². The normalized spacial score (nSPS) is 15.0. The smallest absolute Gasteiger partial charge is 0.146 e. The molecule has 0 radical (unpaired) electrons. The van der Waals surface area contributed by atoms with Crippen molar-refractivity contribution in [1.29, 1.82) is 0 Å². The molecule has 4 N–H and O–H groups in total. The van der Waals surface area contributed by atoms with E-state index in [-0.39, 0.29) is 6.10 Å². The predicted molar refractivity (Wildman–Crippen MR) is 126 cm³/mol. The van der Waals surface area contributed by atoms with Crippen LogP contribution in [-0.2, 0) is 0 Å². The van der Waals surface area contributed by atoms with Crippen LogP contribution in [0.4, 0.5) is 11.5 Å². The van der Waals surface area contributed by atoms with Crippen molar-refractivity contribution < 1.29 is 9.47 Å². The number of rotatable bonds is 8. The summed E-state index contributed by atoms with van der Waals surface area (Å²) in [6, 6.07) is 9.90. The Balaban J connectivity index is 1.53. The molecule has 2 aromatic heterocycles. The van der Waals surface area contributed by atoms with Gasteiger partial charge in [-0.05, 0) is 44.1 Å². The Morgan fingerprint density at radius 2 is 2.06 bits per heavy atom. The maximum absolute atomic E-state index is 6.13. The van der Waals surface area contributed by atoms with Gasteiger partial charge >= 0.3 is 0 Å². The Kier molecular flexibility index (Phi) is 6.43. The fraction of sp³-hybridized carbons (Fsp3) is 0.292. The van der Waals surface area contributed by atoms with E-state index in [1.807, 2.05) is 49.8 Å². The average Bonchev–Trinajstić information content (AvgIpc) is 3.22. The highest BCUT2D eigenvalue weighted by atomic mass is 16.5. The van der Waals surface area contributed by atoms with E-state index in [2.05, 4.69) is 38.6 Å². The summed E-state index contributed by atoms with van der Waals surface area (Å²) in [4.78, 5) is 7.98. The van der Waals surface area contributed by atoms with Crippen molar-refractivity contribution in [3.63, 3.8) is 0 Å². The molecule has 4 rings (SSSR count). The lowest BCUT2D eigenvalue weighted by atomic mass is 10.1. The van der Waals surface area contributed by atoms with E-state index in [1.165, 1.54) is 0 Å². The maximum atomic E-state index is 6.13. The van der Waals surface area contributed by atoms with Crippen LogP contribution in [0.3, 0.4) is 0 Å². The number of aromatic nitrogens is 2. The number of piperidine rings is 1. The predicted octanol–water partition coefficient (Wildman–Crippen LogP) is 4.19. The minimum atomic E-state index is 0.244. The molecule has 0 spiro atoms. The van der Waals surface area contributed by atoms with Gasteiger partial charge in [0.15, 0.2) is 0 Å². The van der Waals surface area contributed by atoms with Crippen LogP contribution in [0.25, 0.3) is 16.5 Å². The summed E-state index contributed by atoms with van der Waals surface area (Å²) in [5, 5.41) is 10.8. The number of anilines is 2. The van der Waals surface area contributed by atoms with Crippen molar-refractivity contribution >= 4 is 28.0 Å². The van der Waals surface area contributed by atoms with Crippen LogP contribution in [0.5, 0.6) is 11.5 Å². The summed E-state index contributed by atoms with van der Waals surface area (Å²) in [6.07, 6.45) is 7.84. The summed E-state index contributed by atoms with van der Waals surface area (Å²) in [5.74, 6) is 2.26. The van der Waals surface area contributed by atoms with E-state index < -0.39 is 0 Å². The van der Waals surface area contributed by atoms with Crippen molar-refractivity contribution in [1.82, 2.24) is 20.6 Å². The second-order valence-electron chi connectivity index (χ2n) is 7.49.